The Labute approximate surface area is 206 Å². The van der Waals surface area contributed by atoms with Crippen LogP contribution in [0.5, 0.6) is 0 Å². The summed E-state index contributed by atoms with van der Waals surface area (Å²) in [7, 11) is 0. The normalized spacial score (nSPS) is 19.5. The second-order valence-electron chi connectivity index (χ2n) is 9.57. The SMILES string of the molecule is CCCC(CNC(=O)C1CCCC1CNC(=O)OCC1c2ccccc2-c2ccccc21)C(=O)O. The van der Waals surface area contributed by atoms with Crippen molar-refractivity contribution >= 4 is 18.0 Å². The molecule has 186 valence electrons. The molecule has 35 heavy (non-hydrogen) atoms. The summed E-state index contributed by atoms with van der Waals surface area (Å²) in [5.41, 5.74) is 4.69. The van der Waals surface area contributed by atoms with E-state index in [1.807, 2.05) is 31.2 Å². The van der Waals surface area contributed by atoms with Gasteiger partial charge < -0.3 is 20.5 Å². The van der Waals surface area contributed by atoms with Gasteiger partial charge in [0.15, 0.2) is 0 Å². The van der Waals surface area contributed by atoms with E-state index in [0.717, 1.165) is 36.8 Å². The van der Waals surface area contributed by atoms with E-state index in [1.54, 1.807) is 0 Å². The fourth-order valence-corrected chi connectivity index (χ4v) is 5.51. The maximum absolute atomic E-state index is 12.7. The molecule has 0 spiro atoms. The molecule has 0 aromatic heterocycles. The van der Waals surface area contributed by atoms with Gasteiger partial charge in [-0.1, -0.05) is 68.3 Å². The smallest absolute Gasteiger partial charge is 0.407 e. The first-order chi connectivity index (χ1) is 17.0. The Morgan fingerprint density at radius 2 is 1.66 bits per heavy atom. The minimum Gasteiger partial charge on any atom is -0.481 e. The van der Waals surface area contributed by atoms with Crippen LogP contribution in [-0.2, 0) is 14.3 Å². The van der Waals surface area contributed by atoms with Gasteiger partial charge in [-0.25, -0.2) is 4.79 Å². The summed E-state index contributed by atoms with van der Waals surface area (Å²) in [6.07, 6.45) is 3.31. The van der Waals surface area contributed by atoms with Crippen molar-refractivity contribution in [3.63, 3.8) is 0 Å². The number of benzene rings is 2. The van der Waals surface area contributed by atoms with Gasteiger partial charge in [-0.05, 0) is 47.4 Å². The number of aliphatic carboxylic acids is 1. The van der Waals surface area contributed by atoms with Crippen LogP contribution in [-0.4, -0.2) is 42.8 Å². The van der Waals surface area contributed by atoms with E-state index in [-0.39, 0.29) is 36.8 Å². The number of carboxylic acid groups (broad SMARTS) is 1. The molecule has 1 fully saturated rings. The minimum absolute atomic E-state index is 0.00320. The first-order valence-electron chi connectivity index (χ1n) is 12.6. The monoisotopic (exact) mass is 478 g/mol. The zero-order chi connectivity index (χ0) is 24.8. The number of ether oxygens (including phenoxy) is 1. The number of hydrogen-bond donors (Lipinski definition) is 3. The molecule has 7 heteroatoms. The lowest BCUT2D eigenvalue weighted by Crippen LogP contribution is -2.40. The Morgan fingerprint density at radius 1 is 1.00 bits per heavy atom. The number of nitrogens with one attached hydrogen (secondary N) is 2. The van der Waals surface area contributed by atoms with Gasteiger partial charge in [0.25, 0.3) is 0 Å². The molecule has 2 aliphatic carbocycles. The fourth-order valence-electron chi connectivity index (χ4n) is 5.51. The van der Waals surface area contributed by atoms with E-state index in [4.69, 9.17) is 4.74 Å². The summed E-state index contributed by atoms with van der Waals surface area (Å²) in [6, 6.07) is 16.4. The molecule has 0 saturated heterocycles. The summed E-state index contributed by atoms with van der Waals surface area (Å²) in [5, 5.41) is 15.0. The van der Waals surface area contributed by atoms with Crippen LogP contribution >= 0.6 is 0 Å². The first kappa shape index (κ1) is 24.8. The van der Waals surface area contributed by atoms with Crippen LogP contribution in [0.4, 0.5) is 4.79 Å². The second kappa shape index (κ2) is 11.4. The standard InChI is InChI=1S/C28H34N2O5/c1-2-8-19(27(32)33)16-29-26(31)20-14-7-9-18(20)15-30-28(34)35-17-25-23-12-5-3-10-21(23)22-11-4-6-13-24(22)25/h3-6,10-13,18-20,25H,2,7-9,14-17H2,1H3,(H,29,31)(H,30,34)(H,32,33). The average molecular weight is 479 g/mol. The quantitative estimate of drug-likeness (QED) is 0.464. The number of carbonyl (C=O) groups is 3. The van der Waals surface area contributed by atoms with E-state index < -0.39 is 18.0 Å². The second-order valence-corrected chi connectivity index (χ2v) is 9.57. The van der Waals surface area contributed by atoms with Gasteiger partial charge >= 0.3 is 12.1 Å². The number of alkyl carbamates (subject to hydrolysis) is 1. The fraction of sp³-hybridized carbons (Fsp3) is 0.464. The zero-order valence-corrected chi connectivity index (χ0v) is 20.2. The topological polar surface area (TPSA) is 105 Å². The third kappa shape index (κ3) is 5.66. The third-order valence-corrected chi connectivity index (χ3v) is 7.36. The molecule has 3 unspecified atom stereocenters. The molecule has 0 radical (unpaired) electrons. The average Bonchev–Trinajstić information content (AvgIpc) is 3.46. The predicted octanol–water partition coefficient (Wildman–Crippen LogP) is 4.56. The largest absolute Gasteiger partial charge is 0.481 e. The Morgan fingerprint density at radius 3 is 2.29 bits per heavy atom. The first-order valence-corrected chi connectivity index (χ1v) is 12.6. The van der Waals surface area contributed by atoms with Crippen molar-refractivity contribution in [3.05, 3.63) is 59.7 Å². The molecule has 3 atom stereocenters. The molecule has 2 aliphatic rings. The summed E-state index contributed by atoms with van der Waals surface area (Å²) < 4.78 is 5.61. The molecule has 0 bridgehead atoms. The molecule has 3 N–H and O–H groups in total. The summed E-state index contributed by atoms with van der Waals surface area (Å²) >= 11 is 0. The van der Waals surface area contributed by atoms with Crippen LogP contribution < -0.4 is 10.6 Å². The summed E-state index contributed by atoms with van der Waals surface area (Å²) in [5.74, 6) is -1.77. The Bertz CT molecular complexity index is 1020. The Balaban J connectivity index is 1.27. The van der Waals surface area contributed by atoms with Gasteiger partial charge in [0.1, 0.15) is 6.61 Å². The van der Waals surface area contributed by atoms with E-state index >= 15 is 0 Å². The van der Waals surface area contributed by atoms with Crippen molar-refractivity contribution in [2.45, 2.75) is 44.9 Å². The van der Waals surface area contributed by atoms with Crippen LogP contribution in [0, 0.1) is 17.8 Å². The molecular formula is C28H34N2O5. The highest BCUT2D eigenvalue weighted by Gasteiger charge is 2.34. The number of amides is 2. The third-order valence-electron chi connectivity index (χ3n) is 7.36. The lowest BCUT2D eigenvalue weighted by atomic mass is 9.94. The maximum Gasteiger partial charge on any atom is 0.407 e. The van der Waals surface area contributed by atoms with Crippen LogP contribution in [0.3, 0.4) is 0 Å². The van der Waals surface area contributed by atoms with Crippen molar-refractivity contribution in [2.75, 3.05) is 19.7 Å². The molecule has 0 aliphatic heterocycles. The highest BCUT2D eigenvalue weighted by atomic mass is 16.5. The number of carbonyl (C=O) groups excluding carboxylic acids is 2. The molecule has 0 heterocycles. The van der Waals surface area contributed by atoms with Crippen LogP contribution in [0.2, 0.25) is 0 Å². The van der Waals surface area contributed by atoms with E-state index in [1.165, 1.54) is 11.1 Å². The van der Waals surface area contributed by atoms with Crippen molar-refractivity contribution in [3.8, 4) is 11.1 Å². The molecule has 2 amide bonds. The minimum atomic E-state index is -0.882. The van der Waals surface area contributed by atoms with Gasteiger partial charge in [0.05, 0.1) is 5.92 Å². The molecule has 2 aromatic carbocycles. The van der Waals surface area contributed by atoms with E-state index in [9.17, 15) is 19.5 Å². The van der Waals surface area contributed by atoms with Crippen molar-refractivity contribution in [2.24, 2.45) is 17.8 Å². The van der Waals surface area contributed by atoms with Gasteiger partial charge in [-0.15, -0.1) is 0 Å². The Hall–Kier alpha value is -3.35. The van der Waals surface area contributed by atoms with Crippen molar-refractivity contribution in [1.82, 2.24) is 10.6 Å². The van der Waals surface area contributed by atoms with Gasteiger partial charge in [-0.2, -0.15) is 0 Å². The van der Waals surface area contributed by atoms with E-state index in [2.05, 4.69) is 34.9 Å². The van der Waals surface area contributed by atoms with Gasteiger partial charge in [0.2, 0.25) is 5.91 Å². The number of rotatable bonds is 10. The lowest BCUT2D eigenvalue weighted by Gasteiger charge is -2.21. The maximum atomic E-state index is 12.7. The van der Waals surface area contributed by atoms with Crippen LogP contribution in [0.25, 0.3) is 11.1 Å². The molecule has 1 saturated carbocycles. The predicted molar refractivity (Wildman–Crippen MR) is 133 cm³/mol. The van der Waals surface area contributed by atoms with Crippen LogP contribution in [0.15, 0.2) is 48.5 Å². The van der Waals surface area contributed by atoms with E-state index in [0.29, 0.717) is 13.0 Å². The van der Waals surface area contributed by atoms with Crippen LogP contribution in [0.1, 0.15) is 56.1 Å². The van der Waals surface area contributed by atoms with Crippen molar-refractivity contribution < 1.29 is 24.2 Å². The highest BCUT2D eigenvalue weighted by molar-refractivity contribution is 5.81. The highest BCUT2D eigenvalue weighted by Crippen LogP contribution is 2.44. The Kier molecular flexibility index (Phi) is 8.06. The molecule has 2 aromatic rings. The van der Waals surface area contributed by atoms with Crippen molar-refractivity contribution in [1.29, 1.82) is 0 Å². The van der Waals surface area contributed by atoms with Gasteiger partial charge in [-0.3, -0.25) is 9.59 Å². The molecule has 7 nitrogen and oxygen atoms in total. The van der Waals surface area contributed by atoms with Gasteiger partial charge in [0, 0.05) is 24.9 Å². The molecule has 4 rings (SSSR count). The number of fused-ring (bicyclic) bond motifs is 3. The zero-order valence-electron chi connectivity index (χ0n) is 20.2. The number of hydrogen-bond acceptors (Lipinski definition) is 4. The number of carboxylic acids is 1. The summed E-state index contributed by atoms with van der Waals surface area (Å²) in [4.78, 5) is 36.6. The lowest BCUT2D eigenvalue weighted by molar-refractivity contribution is -0.142. The summed E-state index contributed by atoms with van der Waals surface area (Å²) in [6.45, 7) is 2.69. The molecular weight excluding hydrogens is 444 g/mol.